The second kappa shape index (κ2) is 7.34. The van der Waals surface area contributed by atoms with E-state index in [1.807, 2.05) is 0 Å². The van der Waals surface area contributed by atoms with Crippen molar-refractivity contribution < 1.29 is 14.6 Å². The van der Waals surface area contributed by atoms with E-state index in [9.17, 15) is 4.79 Å². The number of carbonyl (C=O) groups excluding carboxylic acids is 1. The SMILES string of the molecule is C=CCN(CCO)C(=O)Nc1cccc(OC)c1. The highest BCUT2D eigenvalue weighted by Crippen LogP contribution is 2.16. The van der Waals surface area contributed by atoms with Gasteiger partial charge in [-0.05, 0) is 12.1 Å². The summed E-state index contributed by atoms with van der Waals surface area (Å²) in [5.41, 5.74) is 0.645. The van der Waals surface area contributed by atoms with E-state index in [1.54, 1.807) is 37.5 Å². The highest BCUT2D eigenvalue weighted by Gasteiger charge is 2.11. The van der Waals surface area contributed by atoms with Gasteiger partial charge in [-0.3, -0.25) is 0 Å². The number of benzene rings is 1. The van der Waals surface area contributed by atoms with Gasteiger partial charge in [0.05, 0.1) is 13.7 Å². The van der Waals surface area contributed by atoms with Crippen LogP contribution in [0.3, 0.4) is 0 Å². The van der Waals surface area contributed by atoms with Crippen LogP contribution >= 0.6 is 0 Å². The van der Waals surface area contributed by atoms with Gasteiger partial charge in [0.2, 0.25) is 0 Å². The minimum atomic E-state index is -0.280. The summed E-state index contributed by atoms with van der Waals surface area (Å²) in [6, 6.07) is 6.80. The molecule has 0 atom stereocenters. The number of rotatable bonds is 6. The first kappa shape index (κ1) is 14.1. The van der Waals surface area contributed by atoms with Gasteiger partial charge >= 0.3 is 6.03 Å². The van der Waals surface area contributed by atoms with E-state index in [0.29, 0.717) is 18.0 Å². The van der Waals surface area contributed by atoms with Crippen LogP contribution in [0.4, 0.5) is 10.5 Å². The number of nitrogens with one attached hydrogen (secondary N) is 1. The minimum absolute atomic E-state index is 0.0840. The van der Waals surface area contributed by atoms with E-state index in [0.717, 1.165) is 0 Å². The summed E-state index contributed by atoms with van der Waals surface area (Å²) in [5, 5.41) is 11.6. The smallest absolute Gasteiger partial charge is 0.322 e. The van der Waals surface area contributed by atoms with Crippen LogP contribution in [0.1, 0.15) is 0 Å². The fraction of sp³-hybridized carbons (Fsp3) is 0.308. The van der Waals surface area contributed by atoms with E-state index in [4.69, 9.17) is 9.84 Å². The molecule has 98 valence electrons. The molecular weight excluding hydrogens is 232 g/mol. The van der Waals surface area contributed by atoms with Gasteiger partial charge in [0.25, 0.3) is 0 Å². The molecule has 0 bridgehead atoms. The van der Waals surface area contributed by atoms with E-state index in [2.05, 4.69) is 11.9 Å². The number of urea groups is 1. The van der Waals surface area contributed by atoms with Gasteiger partial charge in [-0.25, -0.2) is 4.79 Å². The summed E-state index contributed by atoms with van der Waals surface area (Å²) in [6.07, 6.45) is 1.61. The van der Waals surface area contributed by atoms with Crippen LogP contribution in [0.2, 0.25) is 0 Å². The average molecular weight is 250 g/mol. The number of aliphatic hydroxyl groups is 1. The molecule has 0 fully saturated rings. The van der Waals surface area contributed by atoms with Crippen LogP contribution in [-0.4, -0.2) is 42.8 Å². The number of hydrogen-bond acceptors (Lipinski definition) is 3. The molecule has 1 aromatic rings. The fourth-order valence-electron chi connectivity index (χ4n) is 1.46. The molecule has 1 rings (SSSR count). The lowest BCUT2D eigenvalue weighted by molar-refractivity contribution is 0.195. The third-order valence-electron chi connectivity index (χ3n) is 2.33. The predicted octanol–water partition coefficient (Wildman–Crippen LogP) is 1.71. The Morgan fingerprint density at radius 1 is 1.61 bits per heavy atom. The van der Waals surface area contributed by atoms with Crippen molar-refractivity contribution in [1.29, 1.82) is 0 Å². The molecule has 0 unspecified atom stereocenters. The zero-order valence-corrected chi connectivity index (χ0v) is 10.4. The summed E-state index contributed by atoms with van der Waals surface area (Å²) >= 11 is 0. The Labute approximate surface area is 107 Å². The lowest BCUT2D eigenvalue weighted by Gasteiger charge is -2.20. The Hall–Kier alpha value is -2.01. The van der Waals surface area contributed by atoms with Crippen LogP contribution in [0, 0.1) is 0 Å². The predicted molar refractivity (Wildman–Crippen MR) is 70.9 cm³/mol. The Morgan fingerprint density at radius 3 is 3.00 bits per heavy atom. The van der Waals surface area contributed by atoms with E-state index >= 15 is 0 Å². The Kier molecular flexibility index (Phi) is 5.73. The lowest BCUT2D eigenvalue weighted by atomic mass is 10.3. The van der Waals surface area contributed by atoms with Crippen molar-refractivity contribution in [2.24, 2.45) is 0 Å². The van der Waals surface area contributed by atoms with Crippen molar-refractivity contribution in [3.8, 4) is 5.75 Å². The fourth-order valence-corrected chi connectivity index (χ4v) is 1.46. The summed E-state index contributed by atoms with van der Waals surface area (Å²) in [4.78, 5) is 13.4. The molecule has 5 nitrogen and oxygen atoms in total. The average Bonchev–Trinajstić information content (AvgIpc) is 2.38. The molecule has 0 heterocycles. The van der Waals surface area contributed by atoms with Crippen LogP contribution < -0.4 is 10.1 Å². The van der Waals surface area contributed by atoms with Gasteiger partial charge in [0, 0.05) is 24.8 Å². The number of amides is 2. The maximum Gasteiger partial charge on any atom is 0.322 e. The number of anilines is 1. The van der Waals surface area contributed by atoms with E-state index in [-0.39, 0.29) is 19.2 Å². The molecule has 1 aromatic carbocycles. The monoisotopic (exact) mass is 250 g/mol. The summed E-state index contributed by atoms with van der Waals surface area (Å²) in [5.74, 6) is 0.672. The molecule has 2 amide bonds. The molecule has 2 N–H and O–H groups in total. The van der Waals surface area contributed by atoms with Gasteiger partial charge in [-0.15, -0.1) is 6.58 Å². The number of hydrogen-bond donors (Lipinski definition) is 2. The minimum Gasteiger partial charge on any atom is -0.497 e. The maximum atomic E-state index is 11.9. The molecule has 0 saturated heterocycles. The van der Waals surface area contributed by atoms with Gasteiger partial charge in [-0.2, -0.15) is 0 Å². The second-order valence-electron chi connectivity index (χ2n) is 3.62. The third-order valence-corrected chi connectivity index (χ3v) is 2.33. The standard InChI is InChI=1S/C13H18N2O3/c1-3-7-15(8-9-16)13(17)14-11-5-4-6-12(10-11)18-2/h3-6,10,16H,1,7-9H2,2H3,(H,14,17). The topological polar surface area (TPSA) is 61.8 Å². The highest BCUT2D eigenvalue weighted by atomic mass is 16.5. The number of ether oxygens (including phenoxy) is 1. The van der Waals surface area contributed by atoms with Crippen molar-refractivity contribution in [2.45, 2.75) is 0 Å². The molecule has 0 spiro atoms. The molecular formula is C13H18N2O3. The number of methoxy groups -OCH3 is 1. The molecule has 0 aromatic heterocycles. The highest BCUT2D eigenvalue weighted by molar-refractivity contribution is 5.89. The molecule has 5 heteroatoms. The Bertz CT molecular complexity index is 407. The number of carbonyl (C=O) groups is 1. The first-order valence-corrected chi connectivity index (χ1v) is 5.63. The van der Waals surface area contributed by atoms with Gasteiger partial charge in [0.15, 0.2) is 0 Å². The van der Waals surface area contributed by atoms with Crippen molar-refractivity contribution >= 4 is 11.7 Å². The summed E-state index contributed by atoms with van der Waals surface area (Å²) < 4.78 is 5.07. The Morgan fingerprint density at radius 2 is 2.39 bits per heavy atom. The second-order valence-corrected chi connectivity index (χ2v) is 3.62. The van der Waals surface area contributed by atoms with Crippen molar-refractivity contribution in [2.75, 3.05) is 32.1 Å². The Balaban J connectivity index is 2.68. The van der Waals surface area contributed by atoms with E-state index < -0.39 is 0 Å². The van der Waals surface area contributed by atoms with Crippen LogP contribution in [0.5, 0.6) is 5.75 Å². The summed E-state index contributed by atoms with van der Waals surface area (Å²) in [7, 11) is 1.57. The molecule has 0 aliphatic carbocycles. The van der Waals surface area contributed by atoms with Gasteiger partial charge in [-0.1, -0.05) is 12.1 Å². The zero-order valence-electron chi connectivity index (χ0n) is 10.4. The van der Waals surface area contributed by atoms with Crippen LogP contribution in [-0.2, 0) is 0 Å². The number of aliphatic hydroxyl groups excluding tert-OH is 1. The largest absolute Gasteiger partial charge is 0.497 e. The van der Waals surface area contributed by atoms with Crippen molar-refractivity contribution in [3.63, 3.8) is 0 Å². The first-order chi connectivity index (χ1) is 8.71. The molecule has 0 aliphatic rings. The molecule has 0 saturated carbocycles. The van der Waals surface area contributed by atoms with Gasteiger partial charge < -0.3 is 20.1 Å². The lowest BCUT2D eigenvalue weighted by Crippen LogP contribution is -2.37. The van der Waals surface area contributed by atoms with Crippen molar-refractivity contribution in [3.05, 3.63) is 36.9 Å². The third kappa shape index (κ3) is 4.10. The van der Waals surface area contributed by atoms with Gasteiger partial charge in [0.1, 0.15) is 5.75 Å². The first-order valence-electron chi connectivity index (χ1n) is 5.63. The maximum absolute atomic E-state index is 11.9. The van der Waals surface area contributed by atoms with Crippen LogP contribution in [0.25, 0.3) is 0 Å². The van der Waals surface area contributed by atoms with Crippen molar-refractivity contribution in [1.82, 2.24) is 4.90 Å². The van der Waals surface area contributed by atoms with E-state index in [1.165, 1.54) is 4.90 Å². The number of nitrogens with zero attached hydrogens (tertiary/aromatic N) is 1. The molecule has 0 radical (unpaired) electrons. The molecule has 0 aliphatic heterocycles. The van der Waals surface area contributed by atoms with Crippen LogP contribution in [0.15, 0.2) is 36.9 Å². The molecule has 18 heavy (non-hydrogen) atoms. The summed E-state index contributed by atoms with van der Waals surface area (Å²) in [6.45, 7) is 4.14. The normalized spacial score (nSPS) is 9.67. The zero-order chi connectivity index (χ0) is 13.4. The quantitative estimate of drug-likeness (QED) is 0.755.